The number of hydrogen-bond acceptors (Lipinski definition) is 3. The van der Waals surface area contributed by atoms with Crippen LogP contribution in [0.1, 0.15) is 16.8 Å². The zero-order valence-electron chi connectivity index (χ0n) is 10.3. The Balaban J connectivity index is 2.62. The van der Waals surface area contributed by atoms with Crippen molar-refractivity contribution in [3.05, 3.63) is 40.8 Å². The molecule has 0 radical (unpaired) electrons. The van der Waals surface area contributed by atoms with E-state index in [1.807, 2.05) is 0 Å². The van der Waals surface area contributed by atoms with Gasteiger partial charge in [0.25, 0.3) is 0 Å². The molecule has 2 N–H and O–H groups in total. The maximum absolute atomic E-state index is 14.0. The van der Waals surface area contributed by atoms with E-state index in [0.717, 1.165) is 5.56 Å². The van der Waals surface area contributed by atoms with Crippen molar-refractivity contribution in [2.75, 3.05) is 7.11 Å². The number of aliphatic hydroxyl groups is 1. The highest BCUT2D eigenvalue weighted by molar-refractivity contribution is 5.68. The molecule has 0 unspecified atom stereocenters. The third kappa shape index (κ3) is 2.14. The molecule has 4 nitrogen and oxygen atoms in total. The number of aromatic amines is 1. The van der Waals surface area contributed by atoms with Crippen molar-refractivity contribution in [1.29, 1.82) is 0 Å². The van der Waals surface area contributed by atoms with Crippen molar-refractivity contribution < 1.29 is 14.2 Å². The number of nitrogens with one attached hydrogen (secondary N) is 1. The number of aliphatic hydroxyl groups excluding tert-OH is 1. The van der Waals surface area contributed by atoms with Gasteiger partial charge in [-0.1, -0.05) is 12.1 Å². The number of H-pyrrole nitrogens is 1. The fraction of sp³-hybridized carbons (Fsp3) is 0.308. The Labute approximate surface area is 104 Å². The van der Waals surface area contributed by atoms with E-state index in [1.54, 1.807) is 26.2 Å². The lowest BCUT2D eigenvalue weighted by Gasteiger charge is -2.10. The van der Waals surface area contributed by atoms with Crippen LogP contribution in [0.3, 0.4) is 0 Å². The first-order valence-corrected chi connectivity index (χ1v) is 5.60. The van der Waals surface area contributed by atoms with Gasteiger partial charge in [0.05, 0.1) is 24.6 Å². The summed E-state index contributed by atoms with van der Waals surface area (Å²) in [6.07, 6.45) is 0. The molecule has 0 aliphatic rings. The zero-order valence-corrected chi connectivity index (χ0v) is 10.3. The van der Waals surface area contributed by atoms with Crippen molar-refractivity contribution in [2.45, 2.75) is 20.1 Å². The van der Waals surface area contributed by atoms with Gasteiger partial charge >= 0.3 is 0 Å². The average molecular weight is 250 g/mol. The summed E-state index contributed by atoms with van der Waals surface area (Å²) < 4.78 is 19.1. The average Bonchev–Trinajstić information content (AvgIpc) is 2.71. The number of rotatable bonds is 4. The van der Waals surface area contributed by atoms with E-state index in [-0.39, 0.29) is 12.4 Å². The molecule has 0 amide bonds. The molecule has 0 saturated heterocycles. The Morgan fingerprint density at radius 1 is 1.44 bits per heavy atom. The van der Waals surface area contributed by atoms with Gasteiger partial charge < -0.3 is 9.84 Å². The number of aromatic nitrogens is 2. The van der Waals surface area contributed by atoms with E-state index < -0.39 is 0 Å². The molecule has 0 saturated carbocycles. The van der Waals surface area contributed by atoms with Gasteiger partial charge in [-0.15, -0.1) is 0 Å². The van der Waals surface area contributed by atoms with Crippen LogP contribution in [0, 0.1) is 12.7 Å². The molecular weight excluding hydrogens is 235 g/mol. The van der Waals surface area contributed by atoms with Crippen LogP contribution >= 0.6 is 0 Å². The Hall–Kier alpha value is -1.72. The fourth-order valence-electron chi connectivity index (χ4n) is 1.98. The van der Waals surface area contributed by atoms with Crippen molar-refractivity contribution in [2.24, 2.45) is 0 Å². The molecular formula is C13H15FN2O2. The number of nitrogens with zero attached hydrogens (tertiary/aromatic N) is 1. The van der Waals surface area contributed by atoms with Crippen molar-refractivity contribution in [1.82, 2.24) is 10.2 Å². The molecule has 5 heteroatoms. The summed E-state index contributed by atoms with van der Waals surface area (Å²) in [7, 11) is 1.56. The van der Waals surface area contributed by atoms with Crippen LogP contribution in [-0.2, 0) is 18.0 Å². The second-order valence-corrected chi connectivity index (χ2v) is 4.03. The van der Waals surface area contributed by atoms with Crippen molar-refractivity contribution >= 4 is 0 Å². The van der Waals surface area contributed by atoms with E-state index in [9.17, 15) is 9.50 Å². The number of ether oxygens (including phenoxy) is 1. The maximum Gasteiger partial charge on any atom is 0.132 e. The fourth-order valence-corrected chi connectivity index (χ4v) is 1.98. The van der Waals surface area contributed by atoms with Crippen molar-refractivity contribution in [3.63, 3.8) is 0 Å². The van der Waals surface area contributed by atoms with E-state index in [4.69, 9.17) is 4.74 Å². The molecule has 96 valence electrons. The normalized spacial score (nSPS) is 10.9. The predicted octanol–water partition coefficient (Wildman–Crippen LogP) is 2.16. The third-order valence-electron chi connectivity index (χ3n) is 2.88. The molecule has 1 heterocycles. The molecule has 0 atom stereocenters. The van der Waals surface area contributed by atoms with Gasteiger partial charge in [0.15, 0.2) is 0 Å². The van der Waals surface area contributed by atoms with Crippen LogP contribution in [0.4, 0.5) is 4.39 Å². The lowest BCUT2D eigenvalue weighted by Crippen LogP contribution is -1.98. The van der Waals surface area contributed by atoms with Crippen LogP contribution in [-0.4, -0.2) is 22.4 Å². The Morgan fingerprint density at radius 3 is 2.89 bits per heavy atom. The van der Waals surface area contributed by atoms with E-state index in [1.165, 1.54) is 6.07 Å². The number of methoxy groups -OCH3 is 1. The zero-order chi connectivity index (χ0) is 13.1. The van der Waals surface area contributed by atoms with Crippen LogP contribution in [0.15, 0.2) is 18.2 Å². The molecule has 1 aromatic heterocycles. The summed E-state index contributed by atoms with van der Waals surface area (Å²) in [6.45, 7) is 1.89. The second-order valence-electron chi connectivity index (χ2n) is 4.03. The molecule has 0 spiro atoms. The van der Waals surface area contributed by atoms with Gasteiger partial charge in [-0.25, -0.2) is 4.39 Å². The summed E-state index contributed by atoms with van der Waals surface area (Å²) in [6, 6.07) is 4.81. The Bertz CT molecular complexity index is 552. The van der Waals surface area contributed by atoms with Gasteiger partial charge in [0.1, 0.15) is 5.82 Å². The van der Waals surface area contributed by atoms with Gasteiger partial charge in [-0.05, 0) is 18.6 Å². The quantitative estimate of drug-likeness (QED) is 0.874. The highest BCUT2D eigenvalue weighted by atomic mass is 19.1. The van der Waals surface area contributed by atoms with E-state index in [2.05, 4.69) is 10.2 Å². The highest BCUT2D eigenvalue weighted by Crippen LogP contribution is 2.30. The van der Waals surface area contributed by atoms with Crippen LogP contribution < -0.4 is 0 Å². The molecule has 0 fully saturated rings. The molecule has 2 rings (SSSR count). The number of halogens is 1. The number of benzene rings is 1. The maximum atomic E-state index is 14.0. The van der Waals surface area contributed by atoms with Gasteiger partial charge in [0.2, 0.25) is 0 Å². The summed E-state index contributed by atoms with van der Waals surface area (Å²) in [5.41, 5.74) is 2.91. The minimum absolute atomic E-state index is 0.182. The lowest BCUT2D eigenvalue weighted by atomic mass is 10.0. The summed E-state index contributed by atoms with van der Waals surface area (Å²) in [4.78, 5) is 0. The second kappa shape index (κ2) is 5.29. The molecule has 1 aromatic carbocycles. The monoisotopic (exact) mass is 250 g/mol. The van der Waals surface area contributed by atoms with E-state index >= 15 is 0 Å². The van der Waals surface area contributed by atoms with Crippen LogP contribution in [0.2, 0.25) is 0 Å². The minimum atomic E-state index is -0.358. The number of hydrogen-bond donors (Lipinski definition) is 2. The van der Waals surface area contributed by atoms with Gasteiger partial charge in [0, 0.05) is 18.2 Å². The van der Waals surface area contributed by atoms with Crippen LogP contribution in [0.5, 0.6) is 0 Å². The molecule has 0 aliphatic heterocycles. The first-order valence-electron chi connectivity index (χ1n) is 5.60. The largest absolute Gasteiger partial charge is 0.392 e. The SMILES string of the molecule is COCc1cccc(F)c1-c1[nH]nc(C)c1CO. The van der Waals surface area contributed by atoms with Crippen LogP contribution in [0.25, 0.3) is 11.3 Å². The molecule has 0 aliphatic carbocycles. The van der Waals surface area contributed by atoms with Gasteiger partial charge in [-0.3, -0.25) is 5.10 Å². The summed E-state index contributed by atoms with van der Waals surface area (Å²) in [5.74, 6) is -0.358. The Morgan fingerprint density at radius 2 is 2.22 bits per heavy atom. The third-order valence-corrected chi connectivity index (χ3v) is 2.88. The standard InChI is InChI=1S/C13H15FN2O2/c1-8-10(6-17)13(16-15-8)12-9(7-18-2)4-3-5-11(12)14/h3-5,17H,6-7H2,1-2H3,(H,15,16). The predicted molar refractivity (Wildman–Crippen MR) is 65.4 cm³/mol. The first kappa shape index (κ1) is 12.7. The van der Waals surface area contributed by atoms with Crippen molar-refractivity contribution in [3.8, 4) is 11.3 Å². The highest BCUT2D eigenvalue weighted by Gasteiger charge is 2.17. The summed E-state index contributed by atoms with van der Waals surface area (Å²) in [5, 5.41) is 16.1. The van der Waals surface area contributed by atoms with E-state index in [0.29, 0.717) is 29.1 Å². The lowest BCUT2D eigenvalue weighted by molar-refractivity contribution is 0.185. The smallest absolute Gasteiger partial charge is 0.132 e. The number of aryl methyl sites for hydroxylation is 1. The minimum Gasteiger partial charge on any atom is -0.392 e. The topological polar surface area (TPSA) is 58.1 Å². The first-order chi connectivity index (χ1) is 8.69. The molecule has 2 aromatic rings. The molecule has 0 bridgehead atoms. The molecule has 18 heavy (non-hydrogen) atoms. The van der Waals surface area contributed by atoms with Gasteiger partial charge in [-0.2, -0.15) is 5.10 Å². The Kier molecular flexibility index (Phi) is 3.74. The summed E-state index contributed by atoms with van der Waals surface area (Å²) >= 11 is 0.